The van der Waals surface area contributed by atoms with Gasteiger partial charge in [-0.25, -0.2) is 4.98 Å². The van der Waals surface area contributed by atoms with Crippen molar-refractivity contribution in [2.75, 3.05) is 0 Å². The number of nitrogens with zero attached hydrogens (tertiary/aromatic N) is 4. The predicted octanol–water partition coefficient (Wildman–Crippen LogP) is 12.5. The standard InChI is InChI=1S/C49H32N4/c1-4-14-33(15-5-1)48-49(34-16-6-2-7-17-34)51-29-28-38(32-47(51)50-48)53-44-23-13-11-21-40(44)42-31-36(25-27-46(42)53)35-24-26-45-41(30-35)39-20-10-12-22-43(39)52(45)37-18-8-3-9-19-37/h1-32H. The van der Waals surface area contributed by atoms with E-state index in [-0.39, 0.29) is 0 Å². The summed E-state index contributed by atoms with van der Waals surface area (Å²) < 4.78 is 6.97. The van der Waals surface area contributed by atoms with Crippen LogP contribution in [0.25, 0.3) is 94.3 Å². The van der Waals surface area contributed by atoms with Crippen LogP contribution in [-0.2, 0) is 0 Å². The zero-order valence-electron chi connectivity index (χ0n) is 28.8. The van der Waals surface area contributed by atoms with Gasteiger partial charge in [0.15, 0.2) is 0 Å². The van der Waals surface area contributed by atoms with Gasteiger partial charge < -0.3 is 9.13 Å². The monoisotopic (exact) mass is 676 g/mol. The first-order valence-electron chi connectivity index (χ1n) is 18.1. The van der Waals surface area contributed by atoms with Crippen LogP contribution in [0, 0.1) is 0 Å². The first-order valence-corrected chi connectivity index (χ1v) is 18.1. The maximum absolute atomic E-state index is 5.26. The third kappa shape index (κ3) is 4.59. The molecule has 248 valence electrons. The Bertz CT molecular complexity index is 3150. The Balaban J connectivity index is 1.08. The maximum Gasteiger partial charge on any atom is 0.140 e. The first-order chi connectivity index (χ1) is 26.3. The molecule has 0 atom stereocenters. The Kier molecular flexibility index (Phi) is 6.52. The highest BCUT2D eigenvalue weighted by Crippen LogP contribution is 2.39. The summed E-state index contributed by atoms with van der Waals surface area (Å²) in [6.07, 6.45) is 2.17. The third-order valence-corrected chi connectivity index (χ3v) is 10.7. The highest BCUT2D eigenvalue weighted by molar-refractivity contribution is 6.12. The fraction of sp³-hybridized carbons (Fsp3) is 0. The molecule has 0 aliphatic rings. The topological polar surface area (TPSA) is 27.2 Å². The molecule has 0 spiro atoms. The highest BCUT2D eigenvalue weighted by atomic mass is 15.0. The quantitative estimate of drug-likeness (QED) is 0.178. The molecule has 4 aromatic heterocycles. The Morgan fingerprint density at radius 3 is 1.43 bits per heavy atom. The van der Waals surface area contributed by atoms with Gasteiger partial charge in [-0.15, -0.1) is 0 Å². The molecule has 0 saturated heterocycles. The zero-order valence-corrected chi connectivity index (χ0v) is 28.8. The molecule has 0 aliphatic heterocycles. The van der Waals surface area contributed by atoms with E-state index in [1.54, 1.807) is 0 Å². The van der Waals surface area contributed by atoms with E-state index in [1.807, 2.05) is 0 Å². The van der Waals surface area contributed by atoms with E-state index in [1.165, 1.54) is 60.4 Å². The molecule has 0 N–H and O–H groups in total. The van der Waals surface area contributed by atoms with E-state index < -0.39 is 0 Å². The third-order valence-electron chi connectivity index (χ3n) is 10.7. The number of benzene rings is 7. The molecule has 0 amide bonds. The van der Waals surface area contributed by atoms with Crippen molar-refractivity contribution in [2.45, 2.75) is 0 Å². The van der Waals surface area contributed by atoms with Gasteiger partial charge in [0.2, 0.25) is 0 Å². The minimum absolute atomic E-state index is 0.908. The van der Waals surface area contributed by atoms with Gasteiger partial charge in [0.25, 0.3) is 0 Å². The normalized spacial score (nSPS) is 11.8. The molecule has 11 aromatic rings. The van der Waals surface area contributed by atoms with E-state index in [9.17, 15) is 0 Å². The summed E-state index contributed by atoms with van der Waals surface area (Å²) in [5.74, 6) is 0. The molecule has 4 heterocycles. The average Bonchev–Trinajstić information content (AvgIpc) is 3.89. The van der Waals surface area contributed by atoms with Crippen molar-refractivity contribution in [3.63, 3.8) is 0 Å². The number of para-hydroxylation sites is 3. The van der Waals surface area contributed by atoms with E-state index >= 15 is 0 Å². The van der Waals surface area contributed by atoms with Gasteiger partial charge in [0.1, 0.15) is 5.65 Å². The van der Waals surface area contributed by atoms with Crippen molar-refractivity contribution in [3.05, 3.63) is 194 Å². The van der Waals surface area contributed by atoms with E-state index in [0.29, 0.717) is 0 Å². The molecule has 4 heteroatoms. The van der Waals surface area contributed by atoms with Crippen molar-refractivity contribution in [2.24, 2.45) is 0 Å². The lowest BCUT2D eigenvalue weighted by Crippen LogP contribution is -1.96. The molecule has 0 bridgehead atoms. The van der Waals surface area contributed by atoms with Crippen LogP contribution >= 0.6 is 0 Å². The van der Waals surface area contributed by atoms with Crippen LogP contribution < -0.4 is 0 Å². The van der Waals surface area contributed by atoms with Crippen LogP contribution in [0.1, 0.15) is 0 Å². The summed E-state index contributed by atoms with van der Waals surface area (Å²) >= 11 is 0. The minimum Gasteiger partial charge on any atom is -0.309 e. The van der Waals surface area contributed by atoms with E-state index in [4.69, 9.17) is 4.98 Å². The maximum atomic E-state index is 5.26. The van der Waals surface area contributed by atoms with E-state index in [0.717, 1.165) is 33.8 Å². The minimum atomic E-state index is 0.908. The summed E-state index contributed by atoms with van der Waals surface area (Å²) in [6, 6.07) is 67.4. The second-order valence-corrected chi connectivity index (χ2v) is 13.7. The second-order valence-electron chi connectivity index (χ2n) is 13.7. The van der Waals surface area contributed by atoms with Crippen molar-refractivity contribution >= 4 is 49.3 Å². The Hall–Kier alpha value is -7.17. The molecule has 0 saturated carbocycles. The molecule has 0 aliphatic carbocycles. The van der Waals surface area contributed by atoms with Crippen LogP contribution in [0.3, 0.4) is 0 Å². The van der Waals surface area contributed by atoms with Crippen molar-refractivity contribution in [3.8, 4) is 45.0 Å². The van der Waals surface area contributed by atoms with Gasteiger partial charge in [0, 0.05) is 50.6 Å². The van der Waals surface area contributed by atoms with Crippen molar-refractivity contribution in [1.29, 1.82) is 0 Å². The Morgan fingerprint density at radius 1 is 0.340 bits per heavy atom. The average molecular weight is 677 g/mol. The largest absolute Gasteiger partial charge is 0.309 e. The van der Waals surface area contributed by atoms with Gasteiger partial charge in [0.05, 0.1) is 39.1 Å². The number of hydrogen-bond acceptors (Lipinski definition) is 1. The van der Waals surface area contributed by atoms with Gasteiger partial charge in [-0.2, -0.15) is 0 Å². The number of rotatable bonds is 5. The van der Waals surface area contributed by atoms with Crippen LogP contribution in [0.5, 0.6) is 0 Å². The number of hydrogen-bond donors (Lipinski definition) is 0. The summed E-state index contributed by atoms with van der Waals surface area (Å²) in [6.45, 7) is 0. The lowest BCUT2D eigenvalue weighted by molar-refractivity contribution is 1.13. The van der Waals surface area contributed by atoms with Crippen molar-refractivity contribution in [1.82, 2.24) is 18.5 Å². The smallest absolute Gasteiger partial charge is 0.140 e. The number of aromatic nitrogens is 4. The van der Waals surface area contributed by atoms with Gasteiger partial charge in [-0.1, -0.05) is 127 Å². The Morgan fingerprint density at radius 2 is 0.830 bits per heavy atom. The lowest BCUT2D eigenvalue weighted by atomic mass is 10.0. The van der Waals surface area contributed by atoms with Gasteiger partial charge in [-0.05, 0) is 65.7 Å². The molecule has 0 unspecified atom stereocenters. The van der Waals surface area contributed by atoms with Crippen LogP contribution in [0.15, 0.2) is 194 Å². The zero-order chi connectivity index (χ0) is 34.9. The van der Waals surface area contributed by atoms with Crippen LogP contribution in [-0.4, -0.2) is 18.5 Å². The summed E-state index contributed by atoms with van der Waals surface area (Å²) in [5, 5.41) is 4.96. The molecule has 7 aromatic carbocycles. The van der Waals surface area contributed by atoms with Gasteiger partial charge in [-0.3, -0.25) is 4.40 Å². The summed E-state index contributed by atoms with van der Waals surface area (Å²) in [4.78, 5) is 5.26. The number of fused-ring (bicyclic) bond motifs is 7. The molecule has 53 heavy (non-hydrogen) atoms. The number of pyridine rings is 1. The second kappa shape index (κ2) is 11.7. The highest BCUT2D eigenvalue weighted by Gasteiger charge is 2.19. The van der Waals surface area contributed by atoms with Crippen LogP contribution in [0.2, 0.25) is 0 Å². The van der Waals surface area contributed by atoms with Crippen LogP contribution in [0.4, 0.5) is 0 Å². The summed E-state index contributed by atoms with van der Waals surface area (Å²) in [5.41, 5.74) is 14.6. The molecule has 11 rings (SSSR count). The molecule has 0 fully saturated rings. The van der Waals surface area contributed by atoms with E-state index in [2.05, 4.69) is 208 Å². The predicted molar refractivity (Wildman–Crippen MR) is 220 cm³/mol. The Labute approximate surface area is 306 Å². The van der Waals surface area contributed by atoms with Gasteiger partial charge >= 0.3 is 0 Å². The molecular formula is C49H32N4. The fourth-order valence-corrected chi connectivity index (χ4v) is 8.28. The SMILES string of the molecule is c1ccc(-c2nc3cc(-n4c5ccccc5c5cc(-c6ccc7c(c6)c6ccccc6n7-c6ccccc6)ccc54)ccn3c2-c2ccccc2)cc1. The number of imidazole rings is 1. The summed E-state index contributed by atoms with van der Waals surface area (Å²) in [7, 11) is 0. The first kappa shape index (κ1) is 29.5. The molecular weight excluding hydrogens is 645 g/mol. The van der Waals surface area contributed by atoms with Crippen molar-refractivity contribution < 1.29 is 0 Å². The molecule has 4 nitrogen and oxygen atoms in total. The lowest BCUT2D eigenvalue weighted by Gasteiger charge is -2.10. The molecule has 0 radical (unpaired) electrons. The fourth-order valence-electron chi connectivity index (χ4n) is 8.28.